The standard InChI is InChI=1S/C16H22N4O2/c1-16(2,3)22-15(21)20-10-13(7-17)14(11-20)19-9-12-5-4-6-18-8-12/h4-6,8,13-14,19H,9-11H2,1-3H3/t13-,14+/m1/s1. The summed E-state index contributed by atoms with van der Waals surface area (Å²) in [6.07, 6.45) is 3.15. The van der Waals surface area contributed by atoms with E-state index in [0.717, 1.165) is 5.56 Å². The van der Waals surface area contributed by atoms with Gasteiger partial charge in [0.2, 0.25) is 0 Å². The number of aromatic nitrogens is 1. The van der Waals surface area contributed by atoms with Crippen LogP contribution in [0.3, 0.4) is 0 Å². The minimum atomic E-state index is -0.527. The molecule has 6 heteroatoms. The summed E-state index contributed by atoms with van der Waals surface area (Å²) in [5.41, 5.74) is 0.524. The normalized spacial score (nSPS) is 21.5. The number of nitriles is 1. The SMILES string of the molecule is CC(C)(C)OC(=O)N1C[C@@H](C#N)[C@@H](NCc2cccnc2)C1. The molecule has 0 radical (unpaired) electrons. The third-order valence-electron chi connectivity index (χ3n) is 3.43. The van der Waals surface area contributed by atoms with Gasteiger partial charge in [0, 0.05) is 38.1 Å². The van der Waals surface area contributed by atoms with Crippen molar-refractivity contribution in [2.24, 2.45) is 5.92 Å². The molecule has 1 amide bonds. The molecule has 6 nitrogen and oxygen atoms in total. The Morgan fingerprint density at radius 2 is 2.32 bits per heavy atom. The number of amides is 1. The Kier molecular flexibility index (Phi) is 4.99. The minimum Gasteiger partial charge on any atom is -0.444 e. The highest BCUT2D eigenvalue weighted by Gasteiger charge is 2.36. The van der Waals surface area contributed by atoms with Crippen LogP contribution in [0.2, 0.25) is 0 Å². The number of pyridine rings is 1. The van der Waals surface area contributed by atoms with Crippen LogP contribution in [0.1, 0.15) is 26.3 Å². The zero-order valence-electron chi connectivity index (χ0n) is 13.2. The number of hydrogen-bond donors (Lipinski definition) is 1. The fourth-order valence-electron chi connectivity index (χ4n) is 2.37. The third kappa shape index (κ3) is 4.43. The van der Waals surface area contributed by atoms with E-state index in [1.165, 1.54) is 0 Å². The molecule has 0 aliphatic carbocycles. The molecule has 2 heterocycles. The van der Waals surface area contributed by atoms with Crippen molar-refractivity contribution in [2.75, 3.05) is 13.1 Å². The number of carbonyl (C=O) groups is 1. The van der Waals surface area contributed by atoms with E-state index in [2.05, 4.69) is 16.4 Å². The zero-order chi connectivity index (χ0) is 16.2. The summed E-state index contributed by atoms with van der Waals surface area (Å²) in [6.45, 7) is 7.00. The molecule has 22 heavy (non-hydrogen) atoms. The number of nitrogens with one attached hydrogen (secondary N) is 1. The topological polar surface area (TPSA) is 78.2 Å². The maximum atomic E-state index is 12.1. The lowest BCUT2D eigenvalue weighted by atomic mass is 10.1. The van der Waals surface area contributed by atoms with Gasteiger partial charge >= 0.3 is 6.09 Å². The first-order valence-electron chi connectivity index (χ1n) is 7.39. The van der Waals surface area contributed by atoms with Crippen LogP contribution in [-0.2, 0) is 11.3 Å². The molecule has 1 fully saturated rings. The number of ether oxygens (including phenoxy) is 1. The van der Waals surface area contributed by atoms with E-state index in [1.807, 2.05) is 32.9 Å². The first-order valence-corrected chi connectivity index (χ1v) is 7.39. The van der Waals surface area contributed by atoms with Gasteiger partial charge in [0.25, 0.3) is 0 Å². The van der Waals surface area contributed by atoms with Gasteiger partial charge in [0.1, 0.15) is 5.60 Å². The van der Waals surface area contributed by atoms with E-state index in [4.69, 9.17) is 4.74 Å². The third-order valence-corrected chi connectivity index (χ3v) is 3.43. The van der Waals surface area contributed by atoms with E-state index < -0.39 is 5.60 Å². The van der Waals surface area contributed by atoms with Crippen molar-refractivity contribution >= 4 is 6.09 Å². The van der Waals surface area contributed by atoms with Gasteiger partial charge in [-0.3, -0.25) is 4.98 Å². The van der Waals surface area contributed by atoms with Crippen LogP contribution in [-0.4, -0.2) is 40.7 Å². The van der Waals surface area contributed by atoms with Crippen LogP contribution in [0.5, 0.6) is 0 Å². The molecule has 0 unspecified atom stereocenters. The molecule has 0 saturated carbocycles. The second-order valence-corrected chi connectivity index (χ2v) is 6.47. The molecule has 0 spiro atoms. The summed E-state index contributed by atoms with van der Waals surface area (Å²) in [4.78, 5) is 17.8. The summed E-state index contributed by atoms with van der Waals surface area (Å²) < 4.78 is 5.37. The van der Waals surface area contributed by atoms with Crippen molar-refractivity contribution in [1.82, 2.24) is 15.2 Å². The molecule has 2 atom stereocenters. The molecule has 1 N–H and O–H groups in total. The van der Waals surface area contributed by atoms with Crippen LogP contribution in [0.25, 0.3) is 0 Å². The summed E-state index contributed by atoms with van der Waals surface area (Å²) >= 11 is 0. The number of hydrogen-bond acceptors (Lipinski definition) is 5. The zero-order valence-corrected chi connectivity index (χ0v) is 13.2. The Hall–Kier alpha value is -2.13. The van der Waals surface area contributed by atoms with Crippen molar-refractivity contribution in [1.29, 1.82) is 5.26 Å². The Labute approximate surface area is 131 Å². The average molecular weight is 302 g/mol. The van der Waals surface area contributed by atoms with Crippen LogP contribution < -0.4 is 5.32 Å². The van der Waals surface area contributed by atoms with E-state index in [9.17, 15) is 10.1 Å². The van der Waals surface area contributed by atoms with Crippen molar-refractivity contribution < 1.29 is 9.53 Å². The minimum absolute atomic E-state index is 0.0577. The molecule has 1 saturated heterocycles. The highest BCUT2D eigenvalue weighted by Crippen LogP contribution is 2.20. The molecular weight excluding hydrogens is 280 g/mol. The van der Waals surface area contributed by atoms with Crippen molar-refractivity contribution in [2.45, 2.75) is 39.0 Å². The Bertz CT molecular complexity index is 548. The predicted octanol–water partition coefficient (Wildman–Crippen LogP) is 1.93. The van der Waals surface area contributed by atoms with Crippen LogP contribution in [0.4, 0.5) is 4.79 Å². The van der Waals surface area contributed by atoms with Gasteiger partial charge in [-0.05, 0) is 32.4 Å². The van der Waals surface area contributed by atoms with Gasteiger partial charge in [-0.2, -0.15) is 5.26 Å². The molecule has 118 valence electrons. The van der Waals surface area contributed by atoms with E-state index in [0.29, 0.717) is 19.6 Å². The Morgan fingerprint density at radius 3 is 2.91 bits per heavy atom. The van der Waals surface area contributed by atoms with E-state index in [-0.39, 0.29) is 18.1 Å². The molecule has 1 aliphatic heterocycles. The van der Waals surface area contributed by atoms with Crippen molar-refractivity contribution in [3.8, 4) is 6.07 Å². The van der Waals surface area contributed by atoms with Gasteiger partial charge in [0.15, 0.2) is 0 Å². The first kappa shape index (κ1) is 16.2. The Balaban J connectivity index is 1.92. The summed E-state index contributed by atoms with van der Waals surface area (Å²) in [5, 5.41) is 12.6. The van der Waals surface area contributed by atoms with E-state index >= 15 is 0 Å². The number of rotatable bonds is 3. The van der Waals surface area contributed by atoms with Gasteiger partial charge < -0.3 is 15.0 Å². The number of likely N-dealkylation sites (tertiary alicyclic amines) is 1. The lowest BCUT2D eigenvalue weighted by Crippen LogP contribution is -2.38. The summed E-state index contributed by atoms with van der Waals surface area (Å²) in [5.74, 6) is -0.232. The number of nitrogens with zero attached hydrogens (tertiary/aromatic N) is 3. The molecular formula is C16H22N4O2. The molecule has 1 aromatic heterocycles. The maximum Gasteiger partial charge on any atom is 0.410 e. The van der Waals surface area contributed by atoms with Crippen LogP contribution in [0, 0.1) is 17.2 Å². The lowest BCUT2D eigenvalue weighted by molar-refractivity contribution is 0.0288. The fraction of sp³-hybridized carbons (Fsp3) is 0.562. The quantitative estimate of drug-likeness (QED) is 0.923. The summed E-state index contributed by atoms with van der Waals surface area (Å²) in [6, 6.07) is 6.06. The number of carbonyl (C=O) groups excluding carboxylic acids is 1. The van der Waals surface area contributed by atoms with Crippen LogP contribution in [0.15, 0.2) is 24.5 Å². The van der Waals surface area contributed by atoms with Gasteiger partial charge in [-0.25, -0.2) is 4.79 Å². The van der Waals surface area contributed by atoms with Gasteiger partial charge in [0.05, 0.1) is 12.0 Å². The van der Waals surface area contributed by atoms with Crippen molar-refractivity contribution in [3.05, 3.63) is 30.1 Å². The van der Waals surface area contributed by atoms with Gasteiger partial charge in [-0.15, -0.1) is 0 Å². The predicted molar refractivity (Wildman–Crippen MR) is 81.8 cm³/mol. The lowest BCUT2D eigenvalue weighted by Gasteiger charge is -2.24. The maximum absolute atomic E-state index is 12.1. The smallest absolute Gasteiger partial charge is 0.410 e. The second kappa shape index (κ2) is 6.75. The molecule has 1 aromatic rings. The van der Waals surface area contributed by atoms with Gasteiger partial charge in [-0.1, -0.05) is 6.07 Å². The fourth-order valence-corrected chi connectivity index (χ4v) is 2.37. The highest BCUT2D eigenvalue weighted by atomic mass is 16.6. The average Bonchev–Trinajstić information content (AvgIpc) is 2.88. The largest absolute Gasteiger partial charge is 0.444 e. The Morgan fingerprint density at radius 1 is 1.55 bits per heavy atom. The highest BCUT2D eigenvalue weighted by molar-refractivity contribution is 5.68. The molecule has 1 aliphatic rings. The molecule has 0 aromatic carbocycles. The molecule has 0 bridgehead atoms. The molecule has 2 rings (SSSR count). The van der Waals surface area contributed by atoms with Crippen LogP contribution >= 0.6 is 0 Å². The van der Waals surface area contributed by atoms with Crippen molar-refractivity contribution in [3.63, 3.8) is 0 Å². The van der Waals surface area contributed by atoms with E-state index in [1.54, 1.807) is 17.3 Å². The first-order chi connectivity index (χ1) is 10.4. The second-order valence-electron chi connectivity index (χ2n) is 6.47. The summed E-state index contributed by atoms with van der Waals surface area (Å²) in [7, 11) is 0. The monoisotopic (exact) mass is 302 g/mol.